The molecule has 0 aliphatic heterocycles. The lowest BCUT2D eigenvalue weighted by atomic mass is 10.0. The quantitative estimate of drug-likeness (QED) is 0.729. The van der Waals surface area contributed by atoms with Gasteiger partial charge in [-0.15, -0.1) is 0 Å². The average Bonchev–Trinajstić information content (AvgIpc) is 3.00. The fourth-order valence-corrected chi connectivity index (χ4v) is 2.37. The highest BCUT2D eigenvalue weighted by molar-refractivity contribution is 6.03. The molecule has 0 radical (unpaired) electrons. The molecule has 0 aliphatic rings. The van der Waals surface area contributed by atoms with Gasteiger partial charge in [-0.3, -0.25) is 14.7 Å². The summed E-state index contributed by atoms with van der Waals surface area (Å²) >= 11 is 0. The van der Waals surface area contributed by atoms with E-state index in [1.54, 1.807) is 30.5 Å². The van der Waals surface area contributed by atoms with Crippen LogP contribution in [0.1, 0.15) is 39.1 Å². The molecule has 0 spiro atoms. The monoisotopic (exact) mass is 292 g/mol. The summed E-state index contributed by atoms with van der Waals surface area (Å²) in [7, 11) is 0. The summed E-state index contributed by atoms with van der Waals surface area (Å²) in [6.45, 7) is 1.98. The fourth-order valence-electron chi connectivity index (χ4n) is 2.37. The highest BCUT2D eigenvalue weighted by atomic mass is 16.1. The maximum atomic E-state index is 12.2. The predicted molar refractivity (Wildman–Crippen MR) is 85.2 cm³/mol. The molecule has 1 N–H and O–H groups in total. The van der Waals surface area contributed by atoms with E-state index in [4.69, 9.17) is 0 Å². The summed E-state index contributed by atoms with van der Waals surface area (Å²) < 4.78 is 0. The molecule has 0 saturated heterocycles. The van der Waals surface area contributed by atoms with Gasteiger partial charge in [0.25, 0.3) is 0 Å². The minimum atomic E-state index is -0.0245. The van der Waals surface area contributed by atoms with Crippen LogP contribution in [0.25, 0.3) is 10.9 Å². The van der Waals surface area contributed by atoms with E-state index >= 15 is 0 Å². The summed E-state index contributed by atoms with van der Waals surface area (Å²) in [4.78, 5) is 24.3. The van der Waals surface area contributed by atoms with E-state index < -0.39 is 0 Å². The molecule has 0 unspecified atom stereocenters. The molecule has 110 valence electrons. The lowest BCUT2D eigenvalue weighted by Gasteiger charge is -2.03. The molecule has 0 atom stereocenters. The number of aromatic amines is 1. The molecule has 3 aromatic rings. The zero-order valence-electron chi connectivity index (χ0n) is 12.3. The lowest BCUT2D eigenvalue weighted by molar-refractivity contribution is 0.0917. The number of nitrogens with zero attached hydrogens (tertiary/aromatic N) is 1. The van der Waals surface area contributed by atoms with E-state index in [1.807, 2.05) is 25.1 Å². The van der Waals surface area contributed by atoms with Gasteiger partial charge in [0.1, 0.15) is 0 Å². The smallest absolute Gasteiger partial charge is 0.163 e. The molecule has 3 rings (SSSR count). The van der Waals surface area contributed by atoms with Crippen molar-refractivity contribution in [2.75, 3.05) is 0 Å². The van der Waals surface area contributed by atoms with Crippen molar-refractivity contribution in [1.29, 1.82) is 0 Å². The Hall–Kier alpha value is -2.75. The van der Waals surface area contributed by atoms with Gasteiger partial charge < -0.3 is 0 Å². The molecule has 0 fully saturated rings. The standard InChI is InChI=1S/C18H16N2O2/c1-12-2-4-13(5-3-12)17(21)8-9-18(22)14-6-7-16-15(10-14)11-19-20-16/h2-7,10-11H,8-9H2,1H3,(H,19,20). The van der Waals surface area contributed by atoms with E-state index in [0.717, 1.165) is 16.5 Å². The van der Waals surface area contributed by atoms with Crippen LogP contribution < -0.4 is 0 Å². The minimum absolute atomic E-state index is 0.00209. The van der Waals surface area contributed by atoms with Gasteiger partial charge in [-0.05, 0) is 25.1 Å². The minimum Gasteiger partial charge on any atom is -0.294 e. The molecular formula is C18H16N2O2. The van der Waals surface area contributed by atoms with Crippen molar-refractivity contribution in [1.82, 2.24) is 10.2 Å². The number of rotatable bonds is 5. The first-order chi connectivity index (χ1) is 10.6. The maximum absolute atomic E-state index is 12.2. The molecule has 0 aliphatic carbocycles. The van der Waals surface area contributed by atoms with Crippen LogP contribution in [0, 0.1) is 6.92 Å². The molecule has 0 saturated carbocycles. The molecule has 4 heteroatoms. The Morgan fingerprint density at radius 3 is 2.32 bits per heavy atom. The highest BCUT2D eigenvalue weighted by Crippen LogP contribution is 2.16. The van der Waals surface area contributed by atoms with E-state index in [-0.39, 0.29) is 24.4 Å². The van der Waals surface area contributed by atoms with Crippen LogP contribution in [-0.4, -0.2) is 21.8 Å². The van der Waals surface area contributed by atoms with Crippen molar-refractivity contribution in [2.45, 2.75) is 19.8 Å². The first-order valence-electron chi connectivity index (χ1n) is 7.20. The second kappa shape index (κ2) is 5.93. The first-order valence-corrected chi connectivity index (χ1v) is 7.20. The third-order valence-electron chi connectivity index (χ3n) is 3.71. The summed E-state index contributed by atoms with van der Waals surface area (Å²) in [5.41, 5.74) is 3.28. The number of carbonyl (C=O) groups is 2. The van der Waals surface area contributed by atoms with E-state index in [1.165, 1.54) is 0 Å². The van der Waals surface area contributed by atoms with Crippen molar-refractivity contribution >= 4 is 22.5 Å². The maximum Gasteiger partial charge on any atom is 0.163 e. The highest BCUT2D eigenvalue weighted by Gasteiger charge is 2.11. The van der Waals surface area contributed by atoms with Gasteiger partial charge in [-0.2, -0.15) is 5.10 Å². The van der Waals surface area contributed by atoms with Gasteiger partial charge in [0.2, 0.25) is 0 Å². The van der Waals surface area contributed by atoms with E-state index in [2.05, 4.69) is 10.2 Å². The van der Waals surface area contributed by atoms with Gasteiger partial charge in [-0.1, -0.05) is 29.8 Å². The summed E-state index contributed by atoms with van der Waals surface area (Å²) in [6.07, 6.45) is 2.13. The molecule has 2 aromatic carbocycles. The molecule has 4 nitrogen and oxygen atoms in total. The molecule has 0 bridgehead atoms. The number of ketones is 2. The van der Waals surface area contributed by atoms with Gasteiger partial charge in [0.15, 0.2) is 11.6 Å². The molecule has 22 heavy (non-hydrogen) atoms. The Labute approximate surface area is 128 Å². The zero-order valence-corrected chi connectivity index (χ0v) is 12.3. The summed E-state index contributed by atoms with van der Waals surface area (Å²) in [6, 6.07) is 12.8. The molecular weight excluding hydrogens is 276 g/mol. The second-order valence-corrected chi connectivity index (χ2v) is 5.38. The van der Waals surface area contributed by atoms with Gasteiger partial charge in [-0.25, -0.2) is 0 Å². The van der Waals surface area contributed by atoms with Gasteiger partial charge in [0.05, 0.1) is 11.7 Å². The molecule has 1 heterocycles. The number of benzene rings is 2. The number of hydrogen-bond acceptors (Lipinski definition) is 3. The van der Waals surface area contributed by atoms with Gasteiger partial charge >= 0.3 is 0 Å². The molecule has 0 amide bonds. The third kappa shape index (κ3) is 2.96. The SMILES string of the molecule is Cc1ccc(C(=O)CCC(=O)c2ccc3[nH]ncc3c2)cc1. The van der Waals surface area contributed by atoms with Crippen LogP contribution in [0.15, 0.2) is 48.7 Å². The number of carbonyl (C=O) groups excluding carboxylic acids is 2. The summed E-state index contributed by atoms with van der Waals surface area (Å²) in [5.74, 6) is -0.0266. The predicted octanol–water partition coefficient (Wildman–Crippen LogP) is 3.72. The Morgan fingerprint density at radius 1 is 0.955 bits per heavy atom. The number of H-pyrrole nitrogens is 1. The third-order valence-corrected chi connectivity index (χ3v) is 3.71. The van der Waals surface area contributed by atoms with Crippen LogP contribution in [0.2, 0.25) is 0 Å². The van der Waals surface area contributed by atoms with Crippen LogP contribution in [-0.2, 0) is 0 Å². The van der Waals surface area contributed by atoms with Crippen LogP contribution in [0.5, 0.6) is 0 Å². The van der Waals surface area contributed by atoms with Crippen LogP contribution >= 0.6 is 0 Å². The Kier molecular flexibility index (Phi) is 3.83. The van der Waals surface area contributed by atoms with E-state index in [0.29, 0.717) is 11.1 Å². The normalized spacial score (nSPS) is 10.8. The lowest BCUT2D eigenvalue weighted by Crippen LogP contribution is -2.05. The average molecular weight is 292 g/mol. The Bertz CT molecular complexity index is 832. The number of Topliss-reactive ketones (excluding diaryl/α,β-unsaturated/α-hetero) is 2. The first kappa shape index (κ1) is 14.2. The Morgan fingerprint density at radius 2 is 1.59 bits per heavy atom. The molecule has 1 aromatic heterocycles. The van der Waals surface area contributed by atoms with Crippen LogP contribution in [0.4, 0.5) is 0 Å². The fraction of sp³-hybridized carbons (Fsp3) is 0.167. The van der Waals surface area contributed by atoms with Crippen molar-refractivity contribution in [3.05, 3.63) is 65.4 Å². The van der Waals surface area contributed by atoms with Crippen molar-refractivity contribution in [3.63, 3.8) is 0 Å². The number of aromatic nitrogens is 2. The second-order valence-electron chi connectivity index (χ2n) is 5.38. The zero-order chi connectivity index (χ0) is 15.5. The van der Waals surface area contributed by atoms with E-state index in [9.17, 15) is 9.59 Å². The van der Waals surface area contributed by atoms with Crippen molar-refractivity contribution < 1.29 is 9.59 Å². The Balaban J connectivity index is 1.66. The number of aryl methyl sites for hydroxylation is 1. The number of nitrogens with one attached hydrogen (secondary N) is 1. The van der Waals surface area contributed by atoms with Gasteiger partial charge in [0, 0.05) is 29.4 Å². The number of hydrogen-bond donors (Lipinski definition) is 1. The topological polar surface area (TPSA) is 62.8 Å². The van der Waals surface area contributed by atoms with Crippen molar-refractivity contribution in [2.24, 2.45) is 0 Å². The largest absolute Gasteiger partial charge is 0.294 e. The van der Waals surface area contributed by atoms with Crippen LogP contribution in [0.3, 0.4) is 0 Å². The number of fused-ring (bicyclic) bond motifs is 1. The summed E-state index contributed by atoms with van der Waals surface area (Å²) in [5, 5.41) is 7.68. The van der Waals surface area contributed by atoms with Crippen molar-refractivity contribution in [3.8, 4) is 0 Å².